The molecule has 7 nitrogen and oxygen atoms in total. The fourth-order valence-corrected chi connectivity index (χ4v) is 7.26. The molecule has 0 aliphatic carbocycles. The second kappa shape index (κ2) is 7.75. The second-order valence-electron chi connectivity index (χ2n) is 5.23. The number of hydrogen-bond donors (Lipinski definition) is 0. The molecular formula is C12H27O7PS2. The van der Waals surface area contributed by atoms with Crippen LogP contribution in [0.4, 0.5) is 0 Å². The molecule has 0 bridgehead atoms. The zero-order valence-corrected chi connectivity index (χ0v) is 16.6. The van der Waals surface area contributed by atoms with Gasteiger partial charge in [0.1, 0.15) is 0 Å². The summed E-state index contributed by atoms with van der Waals surface area (Å²) < 4.78 is 70.4. The molecule has 0 spiro atoms. The summed E-state index contributed by atoms with van der Waals surface area (Å²) >= 11 is 0. The van der Waals surface area contributed by atoms with Gasteiger partial charge in [0, 0.05) is 12.5 Å². The molecule has 0 fully saturated rings. The first-order chi connectivity index (χ1) is 9.84. The quantitative estimate of drug-likeness (QED) is 0.538. The van der Waals surface area contributed by atoms with Gasteiger partial charge in [0.25, 0.3) is 0 Å². The van der Waals surface area contributed by atoms with Crippen LogP contribution in [-0.4, -0.2) is 39.2 Å². The van der Waals surface area contributed by atoms with Crippen LogP contribution in [0.5, 0.6) is 0 Å². The maximum atomic E-state index is 12.2. The Kier molecular flexibility index (Phi) is 7.76. The third-order valence-corrected chi connectivity index (χ3v) is 9.48. The van der Waals surface area contributed by atoms with E-state index in [1.54, 1.807) is 27.7 Å². The van der Waals surface area contributed by atoms with Crippen LogP contribution in [0.25, 0.3) is 0 Å². The molecule has 0 aromatic carbocycles. The standard InChI is InChI=1S/C12H27O7PS2/c1-7-11(8-2,21(5,14)15)18-20(13)19-12(9-3,10-4)22(6,16)17/h20H,7-10H2,1-6H3. The van der Waals surface area contributed by atoms with Gasteiger partial charge in [-0.05, 0) is 25.7 Å². The summed E-state index contributed by atoms with van der Waals surface area (Å²) in [5.41, 5.74) is 0. The van der Waals surface area contributed by atoms with Crippen LogP contribution in [0, 0.1) is 0 Å². The van der Waals surface area contributed by atoms with E-state index in [2.05, 4.69) is 0 Å². The van der Waals surface area contributed by atoms with Crippen molar-refractivity contribution >= 4 is 27.9 Å². The molecule has 134 valence electrons. The normalized spacial score (nSPS) is 14.5. The van der Waals surface area contributed by atoms with Crippen LogP contribution < -0.4 is 0 Å². The van der Waals surface area contributed by atoms with Crippen molar-refractivity contribution in [2.45, 2.75) is 63.2 Å². The van der Waals surface area contributed by atoms with Crippen molar-refractivity contribution in [1.82, 2.24) is 0 Å². The summed E-state index contributed by atoms with van der Waals surface area (Å²) in [6.45, 7) is 6.40. The van der Waals surface area contributed by atoms with Gasteiger partial charge in [-0.25, -0.2) is 16.8 Å². The summed E-state index contributed by atoms with van der Waals surface area (Å²) in [7, 11) is -10.6. The summed E-state index contributed by atoms with van der Waals surface area (Å²) in [4.78, 5) is -3.26. The lowest BCUT2D eigenvalue weighted by Crippen LogP contribution is -2.41. The minimum Gasteiger partial charge on any atom is -0.288 e. The zero-order valence-electron chi connectivity index (χ0n) is 14.0. The highest BCUT2D eigenvalue weighted by molar-refractivity contribution is 7.92. The van der Waals surface area contributed by atoms with E-state index in [0.717, 1.165) is 12.5 Å². The highest BCUT2D eigenvalue weighted by Gasteiger charge is 2.45. The zero-order chi connectivity index (χ0) is 17.8. The predicted molar refractivity (Wildman–Crippen MR) is 87.5 cm³/mol. The Hall–Kier alpha value is 0.0500. The number of hydrogen-bond acceptors (Lipinski definition) is 7. The van der Waals surface area contributed by atoms with E-state index < -0.39 is 37.8 Å². The van der Waals surface area contributed by atoms with Crippen LogP contribution >= 0.6 is 8.25 Å². The van der Waals surface area contributed by atoms with E-state index in [1.165, 1.54) is 0 Å². The summed E-state index contributed by atoms with van der Waals surface area (Å²) in [6.07, 6.45) is 2.36. The lowest BCUT2D eigenvalue weighted by molar-refractivity contribution is 0.0780. The molecule has 0 aliphatic heterocycles. The molecular weight excluding hydrogens is 351 g/mol. The molecule has 0 N–H and O–H groups in total. The van der Waals surface area contributed by atoms with E-state index in [-0.39, 0.29) is 25.7 Å². The largest absolute Gasteiger partial charge is 0.322 e. The maximum Gasteiger partial charge on any atom is 0.322 e. The van der Waals surface area contributed by atoms with Crippen LogP contribution in [0.1, 0.15) is 53.4 Å². The lowest BCUT2D eigenvalue weighted by atomic mass is 10.2. The molecule has 0 unspecified atom stereocenters. The first-order valence-electron chi connectivity index (χ1n) is 7.15. The Balaban J connectivity index is 5.55. The van der Waals surface area contributed by atoms with E-state index in [0.29, 0.717) is 0 Å². The highest BCUT2D eigenvalue weighted by atomic mass is 32.2. The summed E-state index contributed by atoms with van der Waals surface area (Å²) in [6, 6.07) is 0. The predicted octanol–water partition coefficient (Wildman–Crippen LogP) is 2.53. The Morgan fingerprint density at radius 1 is 0.727 bits per heavy atom. The topological polar surface area (TPSA) is 104 Å². The van der Waals surface area contributed by atoms with E-state index >= 15 is 0 Å². The Labute approximate surface area is 134 Å². The lowest BCUT2D eigenvalue weighted by Gasteiger charge is -2.33. The minimum absolute atomic E-state index is 0.0895. The van der Waals surface area contributed by atoms with Crippen LogP contribution in [0.15, 0.2) is 0 Å². The van der Waals surface area contributed by atoms with Gasteiger partial charge in [-0.15, -0.1) is 0 Å². The van der Waals surface area contributed by atoms with Gasteiger partial charge in [-0.2, -0.15) is 0 Å². The molecule has 0 saturated heterocycles. The Morgan fingerprint density at radius 2 is 0.955 bits per heavy atom. The van der Waals surface area contributed by atoms with Crippen LogP contribution in [-0.2, 0) is 33.3 Å². The fraction of sp³-hybridized carbons (Fsp3) is 1.00. The molecule has 0 radical (unpaired) electrons. The number of sulfone groups is 2. The van der Waals surface area contributed by atoms with Gasteiger partial charge in [-0.1, -0.05) is 27.7 Å². The smallest absolute Gasteiger partial charge is 0.288 e. The maximum absolute atomic E-state index is 12.2. The summed E-state index contributed by atoms with van der Waals surface area (Å²) in [5, 5.41) is 0. The van der Waals surface area contributed by atoms with Crippen LogP contribution in [0.3, 0.4) is 0 Å². The van der Waals surface area contributed by atoms with Crippen molar-refractivity contribution in [2.75, 3.05) is 12.5 Å². The second-order valence-corrected chi connectivity index (χ2v) is 10.7. The molecule has 0 rings (SSSR count). The van der Waals surface area contributed by atoms with Crippen molar-refractivity contribution in [2.24, 2.45) is 0 Å². The van der Waals surface area contributed by atoms with Gasteiger partial charge in [-0.3, -0.25) is 13.6 Å². The molecule has 0 amide bonds. The monoisotopic (exact) mass is 378 g/mol. The van der Waals surface area contributed by atoms with Crippen molar-refractivity contribution in [1.29, 1.82) is 0 Å². The third kappa shape index (κ3) is 4.54. The molecule has 0 atom stereocenters. The minimum atomic E-state index is -3.65. The molecule has 10 heteroatoms. The third-order valence-electron chi connectivity index (χ3n) is 4.04. The average Bonchev–Trinajstić information content (AvgIpc) is 2.39. The molecule has 0 aliphatic rings. The summed E-state index contributed by atoms with van der Waals surface area (Å²) in [5.74, 6) is 0. The van der Waals surface area contributed by atoms with Crippen LogP contribution in [0.2, 0.25) is 0 Å². The van der Waals surface area contributed by atoms with E-state index in [4.69, 9.17) is 9.05 Å². The SMILES string of the molecule is CCC(CC)(O[PH](=O)OC(CC)(CC)S(C)(=O)=O)S(C)(=O)=O. The van der Waals surface area contributed by atoms with E-state index in [1.807, 2.05) is 0 Å². The Morgan fingerprint density at radius 3 is 1.09 bits per heavy atom. The fourth-order valence-electron chi connectivity index (χ4n) is 2.31. The first kappa shape index (κ1) is 22.1. The molecule has 0 saturated carbocycles. The molecule has 22 heavy (non-hydrogen) atoms. The van der Waals surface area contributed by atoms with Gasteiger partial charge < -0.3 is 0 Å². The van der Waals surface area contributed by atoms with E-state index in [9.17, 15) is 21.4 Å². The van der Waals surface area contributed by atoms with Crippen molar-refractivity contribution in [3.05, 3.63) is 0 Å². The Bertz CT molecular complexity index is 535. The van der Waals surface area contributed by atoms with Crippen molar-refractivity contribution in [3.8, 4) is 0 Å². The van der Waals surface area contributed by atoms with Gasteiger partial charge in [0.2, 0.25) is 0 Å². The van der Waals surface area contributed by atoms with Crippen molar-refractivity contribution < 1.29 is 30.4 Å². The molecule has 0 heterocycles. The number of rotatable bonds is 10. The molecule has 0 aromatic heterocycles. The van der Waals surface area contributed by atoms with Crippen molar-refractivity contribution in [3.63, 3.8) is 0 Å². The molecule has 0 aromatic rings. The average molecular weight is 378 g/mol. The van der Waals surface area contributed by atoms with Gasteiger partial charge in [0.15, 0.2) is 29.5 Å². The highest BCUT2D eigenvalue weighted by Crippen LogP contribution is 2.44. The first-order valence-corrected chi connectivity index (χ1v) is 12.2. The van der Waals surface area contributed by atoms with Gasteiger partial charge >= 0.3 is 8.25 Å². The van der Waals surface area contributed by atoms with Gasteiger partial charge in [0.05, 0.1) is 0 Å².